The monoisotopic (exact) mass is 666 g/mol. The van der Waals surface area contributed by atoms with Gasteiger partial charge >= 0.3 is 0 Å². The SMILES string of the molecule is CCOC(CCCCCCCCCCCSSCCCCCCCCCCCC(OCC)(OCC)OCC)(OCC)OCC. The summed E-state index contributed by atoms with van der Waals surface area (Å²) in [5.74, 6) is 0.966. The van der Waals surface area contributed by atoms with Crippen LogP contribution >= 0.6 is 21.6 Å². The molecule has 0 unspecified atom stereocenters. The molecule has 0 rings (SSSR count). The van der Waals surface area contributed by atoms with E-state index >= 15 is 0 Å². The van der Waals surface area contributed by atoms with Gasteiger partial charge in [0.25, 0.3) is 11.9 Å². The van der Waals surface area contributed by atoms with Gasteiger partial charge in [-0.2, -0.15) is 0 Å². The van der Waals surface area contributed by atoms with Crippen LogP contribution in [0, 0.1) is 0 Å². The first kappa shape index (κ1) is 44.5. The number of hydrogen-bond donors (Lipinski definition) is 0. The molecule has 0 aromatic heterocycles. The van der Waals surface area contributed by atoms with Gasteiger partial charge in [0.05, 0.1) is 0 Å². The molecule has 0 aliphatic rings. The van der Waals surface area contributed by atoms with E-state index in [1.807, 2.05) is 41.5 Å². The second-order valence-electron chi connectivity index (χ2n) is 11.5. The fourth-order valence-electron chi connectivity index (χ4n) is 5.60. The minimum atomic E-state index is -0.829. The van der Waals surface area contributed by atoms with Crippen molar-refractivity contribution in [2.75, 3.05) is 51.1 Å². The predicted octanol–water partition coefficient (Wildman–Crippen LogP) is 11.7. The molecule has 0 heterocycles. The molecule has 0 amide bonds. The van der Waals surface area contributed by atoms with Crippen LogP contribution < -0.4 is 0 Å². The van der Waals surface area contributed by atoms with Crippen LogP contribution in [-0.4, -0.2) is 63.1 Å². The molecule has 0 N–H and O–H groups in total. The molecule has 0 atom stereocenters. The summed E-state index contributed by atoms with van der Waals surface area (Å²) < 4.78 is 35.0. The smallest absolute Gasteiger partial charge is 0.282 e. The highest BCUT2D eigenvalue weighted by Crippen LogP contribution is 2.27. The van der Waals surface area contributed by atoms with Crippen molar-refractivity contribution in [3.63, 3.8) is 0 Å². The third kappa shape index (κ3) is 25.5. The lowest BCUT2D eigenvalue weighted by Gasteiger charge is -2.32. The zero-order valence-electron chi connectivity index (χ0n) is 30.1. The molecule has 0 fully saturated rings. The van der Waals surface area contributed by atoms with E-state index in [4.69, 9.17) is 28.4 Å². The first-order valence-electron chi connectivity index (χ1n) is 18.7. The summed E-state index contributed by atoms with van der Waals surface area (Å²) in [5.41, 5.74) is 0. The maximum absolute atomic E-state index is 5.83. The summed E-state index contributed by atoms with van der Waals surface area (Å²) in [4.78, 5) is 0. The Morgan fingerprint density at radius 3 is 0.727 bits per heavy atom. The third-order valence-electron chi connectivity index (χ3n) is 7.69. The first-order valence-corrected chi connectivity index (χ1v) is 21.1. The summed E-state index contributed by atoms with van der Waals surface area (Å²) in [6.07, 6.45) is 25.4. The number of ether oxygens (including phenoxy) is 6. The zero-order chi connectivity index (χ0) is 32.5. The van der Waals surface area contributed by atoms with Gasteiger partial charge in [-0.05, 0) is 67.2 Å². The molecule has 8 heteroatoms. The lowest BCUT2D eigenvalue weighted by molar-refractivity contribution is -0.380. The third-order valence-corrected chi connectivity index (χ3v) is 10.3. The molecule has 0 aliphatic heterocycles. The van der Waals surface area contributed by atoms with Gasteiger partial charge in [0, 0.05) is 64.0 Å². The van der Waals surface area contributed by atoms with Crippen molar-refractivity contribution in [3.8, 4) is 0 Å². The Kier molecular flexibility index (Phi) is 33.7. The van der Waals surface area contributed by atoms with Crippen LogP contribution in [0.5, 0.6) is 0 Å². The van der Waals surface area contributed by atoms with Crippen LogP contribution in [0.25, 0.3) is 0 Å². The van der Waals surface area contributed by atoms with Gasteiger partial charge in [0.15, 0.2) is 0 Å². The molecular formula is C36H74O6S2. The second kappa shape index (κ2) is 33.4. The van der Waals surface area contributed by atoms with Crippen molar-refractivity contribution in [2.24, 2.45) is 0 Å². The van der Waals surface area contributed by atoms with Gasteiger partial charge in [-0.25, -0.2) is 0 Å². The molecule has 6 nitrogen and oxygen atoms in total. The van der Waals surface area contributed by atoms with Crippen molar-refractivity contribution in [3.05, 3.63) is 0 Å². The van der Waals surface area contributed by atoms with E-state index in [-0.39, 0.29) is 0 Å². The topological polar surface area (TPSA) is 55.4 Å². The standard InChI is InChI=1S/C36H74O6S2/c1-7-37-35(38-8-2,39-9-3)31-27-23-19-15-13-17-21-25-29-33-43-44-34-30-26-22-18-14-16-20-24-28-32-36(40-10-4,41-11-5)42-12-6/h7-34H2,1-6H3. The fourth-order valence-corrected chi connectivity index (χ4v) is 7.89. The molecule has 0 spiro atoms. The van der Waals surface area contributed by atoms with Gasteiger partial charge in [0.1, 0.15) is 0 Å². The van der Waals surface area contributed by atoms with Crippen LogP contribution in [0.1, 0.15) is 170 Å². The van der Waals surface area contributed by atoms with Crippen molar-refractivity contribution in [2.45, 2.75) is 182 Å². The molecule has 0 saturated heterocycles. The Balaban J connectivity index is 3.45. The van der Waals surface area contributed by atoms with Crippen molar-refractivity contribution >= 4 is 21.6 Å². The second-order valence-corrected chi connectivity index (χ2v) is 14.2. The number of rotatable bonds is 37. The molecule has 0 aliphatic carbocycles. The summed E-state index contributed by atoms with van der Waals surface area (Å²) in [7, 11) is 4.18. The molecule has 0 bridgehead atoms. The van der Waals surface area contributed by atoms with Crippen LogP contribution in [0.15, 0.2) is 0 Å². The lowest BCUT2D eigenvalue weighted by Crippen LogP contribution is -2.39. The number of unbranched alkanes of at least 4 members (excludes halogenated alkanes) is 16. The van der Waals surface area contributed by atoms with Gasteiger partial charge in [-0.1, -0.05) is 111 Å². The van der Waals surface area contributed by atoms with Crippen LogP contribution in [-0.2, 0) is 28.4 Å². The van der Waals surface area contributed by atoms with Crippen LogP contribution in [0.3, 0.4) is 0 Å². The Labute approximate surface area is 282 Å². The predicted molar refractivity (Wildman–Crippen MR) is 192 cm³/mol. The van der Waals surface area contributed by atoms with Gasteiger partial charge in [-0.15, -0.1) is 0 Å². The first-order chi connectivity index (χ1) is 21.6. The quantitative estimate of drug-likeness (QED) is 0.0369. The highest BCUT2D eigenvalue weighted by atomic mass is 33.1. The van der Waals surface area contributed by atoms with Crippen LogP contribution in [0.2, 0.25) is 0 Å². The lowest BCUT2D eigenvalue weighted by atomic mass is 10.1. The summed E-state index contributed by atoms with van der Waals surface area (Å²) in [6, 6.07) is 0. The molecule has 44 heavy (non-hydrogen) atoms. The number of hydrogen-bond acceptors (Lipinski definition) is 8. The average molecular weight is 667 g/mol. The van der Waals surface area contributed by atoms with Crippen molar-refractivity contribution in [1.82, 2.24) is 0 Å². The summed E-state index contributed by atoms with van der Waals surface area (Å²) >= 11 is 0. The highest BCUT2D eigenvalue weighted by molar-refractivity contribution is 8.76. The maximum Gasteiger partial charge on any atom is 0.282 e. The Bertz CT molecular complexity index is 487. The van der Waals surface area contributed by atoms with Gasteiger partial charge in [-0.3, -0.25) is 0 Å². The fraction of sp³-hybridized carbons (Fsp3) is 1.00. The molecule has 0 saturated carbocycles. The largest absolute Gasteiger partial charge is 0.328 e. The molecule has 0 radical (unpaired) electrons. The minimum absolute atomic E-state index is 0.614. The Morgan fingerprint density at radius 1 is 0.295 bits per heavy atom. The van der Waals surface area contributed by atoms with E-state index in [1.54, 1.807) is 0 Å². The molecule has 0 aromatic carbocycles. The maximum atomic E-state index is 5.83. The average Bonchev–Trinajstić information content (AvgIpc) is 3.00. The van der Waals surface area contributed by atoms with E-state index in [9.17, 15) is 0 Å². The van der Waals surface area contributed by atoms with E-state index in [1.165, 1.54) is 114 Å². The zero-order valence-corrected chi connectivity index (χ0v) is 31.7. The van der Waals surface area contributed by atoms with E-state index in [0.717, 1.165) is 25.7 Å². The summed E-state index contributed by atoms with van der Waals surface area (Å²) in [5, 5.41) is 0. The molecule has 0 aromatic rings. The van der Waals surface area contributed by atoms with E-state index in [2.05, 4.69) is 21.6 Å². The van der Waals surface area contributed by atoms with Crippen molar-refractivity contribution in [1.29, 1.82) is 0 Å². The molecule has 266 valence electrons. The van der Waals surface area contributed by atoms with E-state index < -0.39 is 11.9 Å². The van der Waals surface area contributed by atoms with Crippen molar-refractivity contribution < 1.29 is 28.4 Å². The van der Waals surface area contributed by atoms with E-state index in [0.29, 0.717) is 39.6 Å². The Hall–Kier alpha value is 0.460. The van der Waals surface area contributed by atoms with Gasteiger partial charge < -0.3 is 28.4 Å². The van der Waals surface area contributed by atoms with Crippen LogP contribution in [0.4, 0.5) is 0 Å². The normalized spacial score (nSPS) is 12.4. The highest BCUT2D eigenvalue weighted by Gasteiger charge is 2.32. The Morgan fingerprint density at radius 2 is 0.500 bits per heavy atom. The molecular weight excluding hydrogens is 593 g/mol. The van der Waals surface area contributed by atoms with Gasteiger partial charge in [0.2, 0.25) is 0 Å². The summed E-state index contributed by atoms with van der Waals surface area (Å²) in [6.45, 7) is 15.7. The minimum Gasteiger partial charge on any atom is -0.328 e.